The van der Waals surface area contributed by atoms with Crippen LogP contribution >= 0.6 is 0 Å². The lowest BCUT2D eigenvalue weighted by molar-refractivity contribution is 0.0969. The van der Waals surface area contributed by atoms with Crippen molar-refractivity contribution in [2.75, 3.05) is 35.5 Å². The van der Waals surface area contributed by atoms with Gasteiger partial charge >= 0.3 is 47.6 Å². The van der Waals surface area contributed by atoms with Gasteiger partial charge in [0.2, 0.25) is 0 Å². The molecule has 0 amide bonds. The molecule has 0 aliphatic carbocycles. The molecule has 0 aromatic rings. The molecule has 0 saturated carbocycles. The Labute approximate surface area is 126 Å². The molecule has 0 aromatic heterocycles. The van der Waals surface area contributed by atoms with Crippen LogP contribution in [0.2, 0.25) is 0 Å². The third-order valence-electron chi connectivity index (χ3n) is 2.07. The van der Waals surface area contributed by atoms with Crippen molar-refractivity contribution in [3.63, 3.8) is 0 Å². The fraction of sp³-hybridized carbons (Fsp3) is 1.00. The van der Waals surface area contributed by atoms with Crippen LogP contribution in [-0.4, -0.2) is 83.2 Å². The summed E-state index contributed by atoms with van der Waals surface area (Å²) >= 11 is 0. The molecule has 15 heteroatoms. The van der Waals surface area contributed by atoms with Gasteiger partial charge in [-0.15, -0.1) is 0 Å². The van der Waals surface area contributed by atoms with Crippen LogP contribution in [0.4, 0.5) is 0 Å². The highest BCUT2D eigenvalue weighted by Gasteiger charge is 2.37. The number of hydrogen-bond acceptors (Lipinski definition) is 10. The third-order valence-corrected chi connectivity index (χ3v) is 12.9. The summed E-state index contributed by atoms with van der Waals surface area (Å²) in [7, 11) is -4.85. The van der Waals surface area contributed by atoms with Crippen molar-refractivity contribution in [2.24, 2.45) is 0 Å². The average Bonchev–Trinajstić information content (AvgIpc) is 2.49. The average molecular weight is 381 g/mol. The van der Waals surface area contributed by atoms with Gasteiger partial charge < -0.3 is 42.7 Å². The van der Waals surface area contributed by atoms with E-state index >= 15 is 0 Å². The highest BCUT2D eigenvalue weighted by molar-refractivity contribution is 6.67. The number of rotatable bonds is 5. The zero-order valence-electron chi connectivity index (χ0n) is 12.0. The van der Waals surface area contributed by atoms with Crippen LogP contribution in [0.5, 0.6) is 0 Å². The standard InChI is InChI=1S/C5H20O10Si5/c1-6-16-11-17(7-2)13-19(9-4)15-20(10-5)14-18(8-3)12-16/h16-20H,1-5H3. The number of hydrogen-bond donors (Lipinski definition) is 0. The van der Waals surface area contributed by atoms with E-state index in [9.17, 15) is 0 Å². The van der Waals surface area contributed by atoms with Crippen molar-refractivity contribution in [3.05, 3.63) is 0 Å². The van der Waals surface area contributed by atoms with Gasteiger partial charge in [-0.2, -0.15) is 0 Å². The SMILES string of the molecule is CO[SiH]1O[SiH](OC)O[SiH](OC)O[SiH](OC)O[SiH](OC)O1. The van der Waals surface area contributed by atoms with Gasteiger partial charge in [0, 0.05) is 35.5 Å². The summed E-state index contributed by atoms with van der Waals surface area (Å²) in [5, 5.41) is 0. The molecule has 1 heterocycles. The Kier molecular flexibility index (Phi) is 9.76. The summed E-state index contributed by atoms with van der Waals surface area (Å²) in [4.78, 5) is 0. The molecule has 1 aliphatic heterocycles. The topological polar surface area (TPSA) is 92.3 Å². The van der Waals surface area contributed by atoms with Gasteiger partial charge in [0.15, 0.2) is 0 Å². The maximum atomic E-state index is 5.57. The van der Waals surface area contributed by atoms with Crippen molar-refractivity contribution in [1.29, 1.82) is 0 Å². The first-order valence-corrected chi connectivity index (χ1v) is 12.6. The van der Waals surface area contributed by atoms with E-state index in [0.717, 1.165) is 0 Å². The van der Waals surface area contributed by atoms with E-state index in [1.54, 1.807) is 0 Å². The smallest absolute Gasteiger partial charge is 0.380 e. The second kappa shape index (κ2) is 10.4. The molecule has 0 spiro atoms. The Morgan fingerprint density at radius 2 is 0.550 bits per heavy atom. The second-order valence-corrected chi connectivity index (χ2v) is 14.0. The van der Waals surface area contributed by atoms with E-state index in [4.69, 9.17) is 42.7 Å². The molecule has 0 radical (unpaired) electrons. The van der Waals surface area contributed by atoms with E-state index in [2.05, 4.69) is 0 Å². The van der Waals surface area contributed by atoms with Gasteiger partial charge in [-0.1, -0.05) is 0 Å². The Hall–Kier alpha value is 0.684. The molecule has 1 rings (SSSR count). The fourth-order valence-corrected chi connectivity index (χ4v) is 13.4. The molecular formula is C5H20O10Si5. The molecule has 0 N–H and O–H groups in total. The monoisotopic (exact) mass is 380 g/mol. The minimum atomic E-state index is -2.45. The van der Waals surface area contributed by atoms with Crippen molar-refractivity contribution >= 4 is 47.6 Å². The zero-order valence-corrected chi connectivity index (χ0v) is 17.7. The van der Waals surface area contributed by atoms with Gasteiger partial charge in [-0.3, -0.25) is 0 Å². The first kappa shape index (κ1) is 18.7. The van der Waals surface area contributed by atoms with E-state index in [1.807, 2.05) is 0 Å². The van der Waals surface area contributed by atoms with Crippen LogP contribution in [0.25, 0.3) is 0 Å². The summed E-state index contributed by atoms with van der Waals surface area (Å²) < 4.78 is 53.7. The lowest BCUT2D eigenvalue weighted by Crippen LogP contribution is -2.51. The van der Waals surface area contributed by atoms with E-state index < -0.39 is 47.6 Å². The molecule has 0 atom stereocenters. The van der Waals surface area contributed by atoms with Crippen LogP contribution in [0.15, 0.2) is 0 Å². The van der Waals surface area contributed by atoms with Gasteiger partial charge in [-0.25, -0.2) is 0 Å². The fourth-order valence-electron chi connectivity index (χ4n) is 1.17. The predicted molar refractivity (Wildman–Crippen MR) is 76.2 cm³/mol. The van der Waals surface area contributed by atoms with Gasteiger partial charge in [0.05, 0.1) is 0 Å². The molecule has 1 fully saturated rings. The second-order valence-electron chi connectivity index (χ2n) is 3.30. The largest absolute Gasteiger partial charge is 0.468 e. The third kappa shape index (κ3) is 6.21. The van der Waals surface area contributed by atoms with Crippen LogP contribution in [0.3, 0.4) is 0 Å². The molecular weight excluding hydrogens is 360 g/mol. The van der Waals surface area contributed by atoms with E-state index in [0.29, 0.717) is 0 Å². The lowest BCUT2D eigenvalue weighted by Gasteiger charge is -2.29. The molecule has 0 bridgehead atoms. The molecule has 0 unspecified atom stereocenters. The maximum absolute atomic E-state index is 5.57. The summed E-state index contributed by atoms with van der Waals surface area (Å²) in [5.41, 5.74) is 0. The Bertz CT molecular complexity index is 194. The summed E-state index contributed by atoms with van der Waals surface area (Å²) in [6, 6.07) is 0. The van der Waals surface area contributed by atoms with E-state index in [-0.39, 0.29) is 0 Å². The van der Waals surface area contributed by atoms with Crippen molar-refractivity contribution in [2.45, 2.75) is 0 Å². The van der Waals surface area contributed by atoms with Gasteiger partial charge in [0.25, 0.3) is 0 Å². The summed E-state index contributed by atoms with van der Waals surface area (Å²) in [5.74, 6) is 0. The van der Waals surface area contributed by atoms with Gasteiger partial charge in [-0.05, 0) is 0 Å². The molecule has 120 valence electrons. The highest BCUT2D eigenvalue weighted by atomic mass is 28.5. The predicted octanol–water partition coefficient (Wildman–Crippen LogP) is -3.10. The first-order valence-electron chi connectivity index (χ1n) is 5.58. The highest BCUT2D eigenvalue weighted by Crippen LogP contribution is 2.09. The van der Waals surface area contributed by atoms with Crippen molar-refractivity contribution in [3.8, 4) is 0 Å². The van der Waals surface area contributed by atoms with Crippen LogP contribution in [-0.2, 0) is 42.7 Å². The molecule has 0 aromatic carbocycles. The summed E-state index contributed by atoms with van der Waals surface area (Å²) in [6.07, 6.45) is 0. The van der Waals surface area contributed by atoms with E-state index in [1.165, 1.54) is 35.5 Å². The van der Waals surface area contributed by atoms with Crippen molar-refractivity contribution < 1.29 is 42.7 Å². The molecule has 20 heavy (non-hydrogen) atoms. The minimum absolute atomic E-state index is 1.48. The Balaban J connectivity index is 2.80. The normalized spacial score (nSPS) is 36.8. The first-order chi connectivity index (χ1) is 9.66. The Morgan fingerprint density at radius 1 is 0.400 bits per heavy atom. The lowest BCUT2D eigenvalue weighted by atomic mass is 11.8. The van der Waals surface area contributed by atoms with Crippen LogP contribution < -0.4 is 0 Å². The summed E-state index contributed by atoms with van der Waals surface area (Å²) in [6.45, 7) is 0. The maximum Gasteiger partial charge on any atom is 0.468 e. The Morgan fingerprint density at radius 3 is 0.650 bits per heavy atom. The zero-order chi connectivity index (χ0) is 15.0. The molecule has 1 saturated heterocycles. The molecule has 10 nitrogen and oxygen atoms in total. The quantitative estimate of drug-likeness (QED) is 0.457. The van der Waals surface area contributed by atoms with Gasteiger partial charge in [0.1, 0.15) is 0 Å². The molecule has 1 aliphatic rings. The minimum Gasteiger partial charge on any atom is -0.380 e. The van der Waals surface area contributed by atoms with Crippen molar-refractivity contribution in [1.82, 2.24) is 0 Å². The van der Waals surface area contributed by atoms with Crippen LogP contribution in [0.1, 0.15) is 0 Å². The van der Waals surface area contributed by atoms with Crippen LogP contribution in [0, 0.1) is 0 Å².